The fourth-order valence-electron chi connectivity index (χ4n) is 5.18. The largest absolute Gasteiger partial charge is 0.421 e. The van der Waals surface area contributed by atoms with E-state index in [0.717, 1.165) is 44.1 Å². The third kappa shape index (κ3) is 4.56. The van der Waals surface area contributed by atoms with Gasteiger partial charge in [-0.05, 0) is 68.7 Å². The molecule has 0 spiro atoms. The molecule has 2 aliphatic rings. The van der Waals surface area contributed by atoms with Gasteiger partial charge in [0.1, 0.15) is 0 Å². The summed E-state index contributed by atoms with van der Waals surface area (Å²) in [5.74, 6) is -0.182. The van der Waals surface area contributed by atoms with E-state index in [4.69, 9.17) is 0 Å². The Kier molecular flexibility index (Phi) is 6.48. The maximum Gasteiger partial charge on any atom is 0.421 e. The minimum atomic E-state index is -4.81. The molecule has 0 heterocycles. The predicted molar refractivity (Wildman–Crippen MR) is 122 cm³/mol. The number of halogens is 3. The van der Waals surface area contributed by atoms with Crippen LogP contribution < -0.4 is 0 Å². The SMILES string of the molecule is C[C@](O)(c1ccc(C(=O)N(C2CC2)C2CCC(CC#N)(c3ccccc3)CC2)cc1)C(F)(F)F. The molecule has 7 heteroatoms. The molecule has 2 aliphatic carbocycles. The van der Waals surface area contributed by atoms with Gasteiger partial charge >= 0.3 is 6.18 Å². The second kappa shape index (κ2) is 9.07. The minimum Gasteiger partial charge on any atom is -0.376 e. The number of nitriles is 1. The van der Waals surface area contributed by atoms with Crippen molar-refractivity contribution in [2.45, 2.75) is 81.1 Å². The molecule has 0 saturated heterocycles. The van der Waals surface area contributed by atoms with Crippen molar-refractivity contribution in [2.75, 3.05) is 0 Å². The Hall–Kier alpha value is -2.85. The number of benzene rings is 2. The molecule has 34 heavy (non-hydrogen) atoms. The molecule has 1 atom stereocenters. The summed E-state index contributed by atoms with van der Waals surface area (Å²) in [4.78, 5) is 15.3. The number of alkyl halides is 3. The van der Waals surface area contributed by atoms with E-state index >= 15 is 0 Å². The number of hydrogen-bond donors (Lipinski definition) is 1. The maximum atomic E-state index is 13.4. The highest BCUT2D eigenvalue weighted by Crippen LogP contribution is 2.45. The van der Waals surface area contributed by atoms with Gasteiger partial charge in [0.2, 0.25) is 0 Å². The summed E-state index contributed by atoms with van der Waals surface area (Å²) < 4.78 is 39.5. The molecule has 2 saturated carbocycles. The molecule has 2 aromatic carbocycles. The highest BCUT2D eigenvalue weighted by atomic mass is 19.4. The lowest BCUT2D eigenvalue weighted by Crippen LogP contribution is -2.46. The van der Waals surface area contributed by atoms with Crippen molar-refractivity contribution in [3.05, 3.63) is 71.3 Å². The number of aliphatic hydroxyl groups is 1. The van der Waals surface area contributed by atoms with E-state index in [1.54, 1.807) is 0 Å². The van der Waals surface area contributed by atoms with Crippen molar-refractivity contribution in [3.63, 3.8) is 0 Å². The van der Waals surface area contributed by atoms with Crippen LogP contribution in [0.2, 0.25) is 0 Å². The molecule has 1 amide bonds. The Labute approximate surface area is 198 Å². The normalized spacial score (nSPS) is 24.6. The van der Waals surface area contributed by atoms with Crippen LogP contribution >= 0.6 is 0 Å². The van der Waals surface area contributed by atoms with Crippen LogP contribution in [0.15, 0.2) is 54.6 Å². The second-order valence-corrected chi connectivity index (χ2v) is 9.80. The zero-order valence-corrected chi connectivity index (χ0v) is 19.2. The first-order valence-corrected chi connectivity index (χ1v) is 11.7. The average Bonchev–Trinajstić information content (AvgIpc) is 3.65. The maximum absolute atomic E-state index is 13.4. The second-order valence-electron chi connectivity index (χ2n) is 9.80. The molecule has 0 unspecified atom stereocenters. The van der Waals surface area contributed by atoms with Gasteiger partial charge in [-0.1, -0.05) is 42.5 Å². The highest BCUT2D eigenvalue weighted by Gasteiger charge is 2.51. The van der Waals surface area contributed by atoms with E-state index in [9.17, 15) is 28.3 Å². The minimum absolute atomic E-state index is 0.0356. The number of carbonyl (C=O) groups is 1. The quantitative estimate of drug-likeness (QED) is 0.576. The van der Waals surface area contributed by atoms with Crippen LogP contribution in [0.4, 0.5) is 13.2 Å². The van der Waals surface area contributed by atoms with Crippen molar-refractivity contribution in [2.24, 2.45) is 0 Å². The Morgan fingerprint density at radius 3 is 2.09 bits per heavy atom. The van der Waals surface area contributed by atoms with Crippen molar-refractivity contribution in [1.29, 1.82) is 5.26 Å². The summed E-state index contributed by atoms with van der Waals surface area (Å²) in [6.07, 6.45) is 0.630. The fraction of sp³-hybridized carbons (Fsp3) is 0.481. The van der Waals surface area contributed by atoms with Crippen LogP contribution in [0, 0.1) is 11.3 Å². The number of nitrogens with zero attached hydrogens (tertiary/aromatic N) is 2. The van der Waals surface area contributed by atoms with Crippen molar-refractivity contribution < 1.29 is 23.1 Å². The van der Waals surface area contributed by atoms with Gasteiger partial charge < -0.3 is 10.0 Å². The molecule has 0 bridgehead atoms. The van der Waals surface area contributed by atoms with Gasteiger partial charge in [0.05, 0.1) is 6.07 Å². The van der Waals surface area contributed by atoms with E-state index in [-0.39, 0.29) is 29.0 Å². The van der Waals surface area contributed by atoms with Crippen molar-refractivity contribution in [3.8, 4) is 6.07 Å². The molecular weight excluding hydrogens is 441 g/mol. The lowest BCUT2D eigenvalue weighted by molar-refractivity contribution is -0.258. The summed E-state index contributed by atoms with van der Waals surface area (Å²) >= 11 is 0. The fourth-order valence-corrected chi connectivity index (χ4v) is 5.18. The van der Waals surface area contributed by atoms with Gasteiger partial charge in [-0.2, -0.15) is 18.4 Å². The van der Waals surface area contributed by atoms with E-state index in [2.05, 4.69) is 18.2 Å². The number of carbonyl (C=O) groups excluding carboxylic acids is 1. The Bertz CT molecular complexity index is 1050. The first-order valence-electron chi connectivity index (χ1n) is 11.7. The summed E-state index contributed by atoms with van der Waals surface area (Å²) in [6.45, 7) is 0.711. The number of hydrogen-bond acceptors (Lipinski definition) is 3. The summed E-state index contributed by atoms with van der Waals surface area (Å²) in [5.41, 5.74) is -2.00. The molecule has 2 aromatic rings. The first-order chi connectivity index (χ1) is 16.1. The van der Waals surface area contributed by atoms with E-state index in [0.29, 0.717) is 18.9 Å². The number of amides is 1. The van der Waals surface area contributed by atoms with Crippen LogP contribution in [-0.2, 0) is 11.0 Å². The van der Waals surface area contributed by atoms with Crippen molar-refractivity contribution >= 4 is 5.91 Å². The third-order valence-electron chi connectivity index (χ3n) is 7.53. The molecule has 1 N–H and O–H groups in total. The van der Waals surface area contributed by atoms with Gasteiger partial charge in [0.15, 0.2) is 5.60 Å². The van der Waals surface area contributed by atoms with Gasteiger partial charge in [0.25, 0.3) is 5.91 Å². The molecule has 0 aromatic heterocycles. The predicted octanol–water partition coefficient (Wildman–Crippen LogP) is 5.86. The van der Waals surface area contributed by atoms with Gasteiger partial charge in [-0.25, -0.2) is 0 Å². The van der Waals surface area contributed by atoms with Crippen LogP contribution in [0.3, 0.4) is 0 Å². The Balaban J connectivity index is 1.51. The zero-order valence-electron chi connectivity index (χ0n) is 19.2. The first kappa shape index (κ1) is 24.3. The smallest absolute Gasteiger partial charge is 0.376 e. The lowest BCUT2D eigenvalue weighted by atomic mass is 9.66. The molecule has 0 aliphatic heterocycles. The van der Waals surface area contributed by atoms with Crippen LogP contribution in [0.1, 0.15) is 73.4 Å². The lowest BCUT2D eigenvalue weighted by Gasteiger charge is -2.43. The third-order valence-corrected chi connectivity index (χ3v) is 7.53. The van der Waals surface area contributed by atoms with Gasteiger partial charge in [-0.3, -0.25) is 4.79 Å². The molecular formula is C27H29F3N2O2. The van der Waals surface area contributed by atoms with Gasteiger partial charge in [0, 0.05) is 29.5 Å². The van der Waals surface area contributed by atoms with E-state index in [1.807, 2.05) is 23.1 Å². The van der Waals surface area contributed by atoms with Gasteiger partial charge in [-0.15, -0.1) is 0 Å². The zero-order chi connectivity index (χ0) is 24.6. The Morgan fingerprint density at radius 1 is 1.03 bits per heavy atom. The Morgan fingerprint density at radius 2 is 1.59 bits per heavy atom. The molecule has 4 rings (SSSR count). The molecule has 180 valence electrons. The summed E-state index contributed by atoms with van der Waals surface area (Å²) in [7, 11) is 0. The van der Waals surface area contributed by atoms with Crippen LogP contribution in [0.25, 0.3) is 0 Å². The standard InChI is InChI=1S/C27H29F3N2O2/c1-25(34,27(28,29)30)20-9-7-19(8-10-20)24(33)32(22-11-12-22)23-13-15-26(16-14-23,17-18-31)21-5-3-2-4-6-21/h2-10,22-23,34H,11-17H2,1H3/t23?,25-,26?/m0/s1. The monoisotopic (exact) mass is 470 g/mol. The molecule has 4 nitrogen and oxygen atoms in total. The van der Waals surface area contributed by atoms with E-state index in [1.165, 1.54) is 24.3 Å². The summed E-state index contributed by atoms with van der Waals surface area (Å²) in [6, 6.07) is 17.7. The topological polar surface area (TPSA) is 64.3 Å². The molecule has 0 radical (unpaired) electrons. The van der Waals surface area contributed by atoms with Crippen LogP contribution in [-0.4, -0.2) is 34.2 Å². The van der Waals surface area contributed by atoms with Crippen LogP contribution in [0.5, 0.6) is 0 Å². The average molecular weight is 471 g/mol. The van der Waals surface area contributed by atoms with Crippen molar-refractivity contribution in [1.82, 2.24) is 4.90 Å². The summed E-state index contributed by atoms with van der Waals surface area (Å²) in [5, 5.41) is 19.4. The molecule has 2 fully saturated rings. The highest BCUT2D eigenvalue weighted by molar-refractivity contribution is 5.95. The van der Waals surface area contributed by atoms with E-state index < -0.39 is 11.8 Å². The number of rotatable bonds is 6.